The molecule has 3 N–H and O–H groups in total. The summed E-state index contributed by atoms with van der Waals surface area (Å²) in [6.45, 7) is -0.111. The first-order valence-corrected chi connectivity index (χ1v) is 7.47. The van der Waals surface area contributed by atoms with Crippen LogP contribution in [-0.4, -0.2) is 57.8 Å². The lowest BCUT2D eigenvalue weighted by atomic mass is 10.1. The zero-order valence-electron chi connectivity index (χ0n) is 11.2. The van der Waals surface area contributed by atoms with Gasteiger partial charge in [0.25, 0.3) is 0 Å². The van der Waals surface area contributed by atoms with E-state index >= 15 is 0 Å². The molecular weight excluding hydrogens is 284 g/mol. The van der Waals surface area contributed by atoms with Gasteiger partial charge in [0.05, 0.1) is 0 Å². The van der Waals surface area contributed by atoms with E-state index in [1.54, 1.807) is 11.9 Å². The summed E-state index contributed by atoms with van der Waals surface area (Å²) in [5.41, 5.74) is 0. The van der Waals surface area contributed by atoms with Crippen LogP contribution in [0.25, 0.3) is 0 Å². The van der Waals surface area contributed by atoms with Crippen LogP contribution < -0.4 is 4.72 Å². The van der Waals surface area contributed by atoms with Crippen molar-refractivity contribution in [3.8, 4) is 0 Å². The van der Waals surface area contributed by atoms with Gasteiger partial charge in [0.15, 0.2) is 0 Å². The molecule has 114 valence electrons. The van der Waals surface area contributed by atoms with E-state index in [1.807, 2.05) is 0 Å². The van der Waals surface area contributed by atoms with Crippen molar-refractivity contribution in [1.29, 1.82) is 0 Å². The number of hydrogen-bond donors (Lipinski definition) is 3. The Labute approximate surface area is 121 Å². The summed E-state index contributed by atoms with van der Waals surface area (Å²) < 4.78 is 3.19. The van der Waals surface area contributed by atoms with Gasteiger partial charge in [-0.1, -0.05) is 18.4 Å². The van der Waals surface area contributed by atoms with E-state index in [-0.39, 0.29) is 6.42 Å². The third-order valence-electron chi connectivity index (χ3n) is 2.99. The molecule has 1 amide bonds. The Morgan fingerprint density at radius 1 is 1.15 bits per heavy atom. The molecule has 1 aliphatic rings. The van der Waals surface area contributed by atoms with Gasteiger partial charge in [0, 0.05) is 18.2 Å². The van der Waals surface area contributed by atoms with Crippen LogP contribution >= 0.6 is 11.9 Å². The molecule has 0 aliphatic carbocycles. The first-order valence-electron chi connectivity index (χ1n) is 6.59. The molecule has 1 unspecified atom stereocenters. The molecule has 1 saturated heterocycles. The van der Waals surface area contributed by atoms with Gasteiger partial charge in [-0.2, -0.15) is 0 Å². The minimum atomic E-state index is -1.20. The SMILES string of the molecule is O=C(O)CN(CC(=O)O)C(=O)CCCCC1CCNS1. The summed E-state index contributed by atoms with van der Waals surface area (Å²) in [6, 6.07) is 0. The van der Waals surface area contributed by atoms with E-state index in [0.717, 1.165) is 30.7 Å². The topological polar surface area (TPSA) is 107 Å². The van der Waals surface area contributed by atoms with Gasteiger partial charge in [-0.15, -0.1) is 0 Å². The Morgan fingerprint density at radius 3 is 2.30 bits per heavy atom. The van der Waals surface area contributed by atoms with Crippen LogP contribution in [0.1, 0.15) is 32.1 Å². The number of rotatable bonds is 9. The molecule has 0 spiro atoms. The Morgan fingerprint density at radius 2 is 1.80 bits per heavy atom. The number of nitrogens with one attached hydrogen (secondary N) is 1. The molecule has 0 aromatic heterocycles. The highest BCUT2D eigenvalue weighted by Gasteiger charge is 2.20. The number of hydrogen-bond acceptors (Lipinski definition) is 5. The van der Waals surface area contributed by atoms with Crippen LogP contribution in [0.5, 0.6) is 0 Å². The lowest BCUT2D eigenvalue weighted by Crippen LogP contribution is -2.39. The molecule has 8 heteroatoms. The Bertz CT molecular complexity index is 342. The van der Waals surface area contributed by atoms with Gasteiger partial charge in [0.1, 0.15) is 13.1 Å². The molecular formula is C12H20N2O5S. The number of nitrogens with zero attached hydrogens (tertiary/aromatic N) is 1. The normalized spacial score (nSPS) is 17.9. The van der Waals surface area contributed by atoms with Crippen LogP contribution in [0.2, 0.25) is 0 Å². The minimum Gasteiger partial charge on any atom is -0.480 e. The maximum atomic E-state index is 11.8. The maximum Gasteiger partial charge on any atom is 0.323 e. The number of amides is 1. The van der Waals surface area contributed by atoms with Crippen LogP contribution in [0.15, 0.2) is 0 Å². The number of carboxylic acid groups (broad SMARTS) is 2. The van der Waals surface area contributed by atoms with Crippen molar-refractivity contribution in [1.82, 2.24) is 9.62 Å². The average molecular weight is 304 g/mol. The van der Waals surface area contributed by atoms with Crippen molar-refractivity contribution in [2.24, 2.45) is 0 Å². The molecule has 1 aliphatic heterocycles. The minimum absolute atomic E-state index is 0.200. The quantitative estimate of drug-likeness (QED) is 0.422. The fourth-order valence-corrected chi connectivity index (χ4v) is 3.02. The lowest BCUT2D eigenvalue weighted by Gasteiger charge is -2.18. The molecule has 0 aromatic carbocycles. The summed E-state index contributed by atoms with van der Waals surface area (Å²) >= 11 is 1.72. The highest BCUT2D eigenvalue weighted by Crippen LogP contribution is 2.23. The second-order valence-electron chi connectivity index (χ2n) is 4.71. The monoisotopic (exact) mass is 304 g/mol. The molecule has 7 nitrogen and oxygen atoms in total. The largest absolute Gasteiger partial charge is 0.480 e. The van der Waals surface area contributed by atoms with Gasteiger partial charge < -0.3 is 15.1 Å². The van der Waals surface area contributed by atoms with Crippen molar-refractivity contribution < 1.29 is 24.6 Å². The smallest absolute Gasteiger partial charge is 0.323 e. The van der Waals surface area contributed by atoms with E-state index in [9.17, 15) is 14.4 Å². The number of carboxylic acids is 2. The van der Waals surface area contributed by atoms with E-state index in [1.165, 1.54) is 0 Å². The summed E-state index contributed by atoms with van der Waals surface area (Å²) in [4.78, 5) is 33.9. The van der Waals surface area contributed by atoms with Crippen LogP contribution in [0, 0.1) is 0 Å². The van der Waals surface area contributed by atoms with Crippen LogP contribution in [0.3, 0.4) is 0 Å². The first-order chi connectivity index (χ1) is 9.49. The second-order valence-corrected chi connectivity index (χ2v) is 5.90. The molecule has 0 bridgehead atoms. The molecule has 20 heavy (non-hydrogen) atoms. The Hall–Kier alpha value is -1.28. The van der Waals surface area contributed by atoms with E-state index < -0.39 is 30.9 Å². The lowest BCUT2D eigenvalue weighted by molar-refractivity contribution is -0.149. The zero-order valence-corrected chi connectivity index (χ0v) is 12.0. The van der Waals surface area contributed by atoms with Crippen molar-refractivity contribution in [2.75, 3.05) is 19.6 Å². The van der Waals surface area contributed by atoms with Crippen LogP contribution in [0.4, 0.5) is 0 Å². The average Bonchev–Trinajstić information content (AvgIpc) is 2.85. The fourth-order valence-electron chi connectivity index (χ4n) is 2.02. The Balaban J connectivity index is 2.25. The Kier molecular flexibility index (Phi) is 7.38. The van der Waals surface area contributed by atoms with Gasteiger partial charge in [-0.05, 0) is 19.3 Å². The van der Waals surface area contributed by atoms with Gasteiger partial charge in [0.2, 0.25) is 5.91 Å². The molecule has 1 heterocycles. The third kappa shape index (κ3) is 6.76. The van der Waals surface area contributed by atoms with Gasteiger partial charge in [-0.3, -0.25) is 19.1 Å². The van der Waals surface area contributed by atoms with Crippen LogP contribution in [-0.2, 0) is 14.4 Å². The molecule has 0 radical (unpaired) electrons. The summed E-state index contributed by atoms with van der Waals surface area (Å²) in [6.07, 6.45) is 3.89. The van der Waals surface area contributed by atoms with E-state index in [2.05, 4.69) is 4.72 Å². The summed E-state index contributed by atoms with van der Waals surface area (Å²) in [5.74, 6) is -2.81. The number of unbranched alkanes of at least 4 members (excludes halogenated alkanes) is 1. The van der Waals surface area contributed by atoms with Crippen molar-refractivity contribution in [2.45, 2.75) is 37.4 Å². The van der Waals surface area contributed by atoms with Crippen molar-refractivity contribution in [3.05, 3.63) is 0 Å². The number of aliphatic carboxylic acids is 2. The molecule has 0 aromatic rings. The highest BCUT2D eigenvalue weighted by molar-refractivity contribution is 7.98. The molecule has 1 fully saturated rings. The van der Waals surface area contributed by atoms with E-state index in [0.29, 0.717) is 11.7 Å². The van der Waals surface area contributed by atoms with Crippen molar-refractivity contribution in [3.63, 3.8) is 0 Å². The maximum absolute atomic E-state index is 11.8. The molecule has 1 atom stereocenters. The number of carbonyl (C=O) groups excluding carboxylic acids is 1. The molecule has 1 rings (SSSR count). The predicted octanol–water partition coefficient (Wildman–Crippen LogP) is 0.555. The molecule has 0 saturated carbocycles. The summed E-state index contributed by atoms with van der Waals surface area (Å²) in [7, 11) is 0. The highest BCUT2D eigenvalue weighted by atomic mass is 32.2. The standard InChI is InChI=1S/C12H20N2O5S/c15-10(14(7-11(16)17)8-12(18)19)4-2-1-3-9-5-6-13-20-9/h9,13H,1-8H2,(H,16,17)(H,18,19). The fraction of sp³-hybridized carbons (Fsp3) is 0.750. The van der Waals surface area contributed by atoms with Gasteiger partial charge >= 0.3 is 11.9 Å². The first kappa shape index (κ1) is 16.8. The second kappa shape index (κ2) is 8.80. The van der Waals surface area contributed by atoms with Crippen molar-refractivity contribution >= 4 is 29.8 Å². The van der Waals surface area contributed by atoms with E-state index in [4.69, 9.17) is 10.2 Å². The predicted molar refractivity (Wildman–Crippen MR) is 74.3 cm³/mol. The zero-order chi connectivity index (χ0) is 15.0. The third-order valence-corrected chi connectivity index (χ3v) is 4.17. The number of carbonyl (C=O) groups is 3. The van der Waals surface area contributed by atoms with Gasteiger partial charge in [-0.25, -0.2) is 0 Å². The summed E-state index contributed by atoms with van der Waals surface area (Å²) in [5, 5.41) is 17.9.